The molecule has 8 heteroatoms. The highest BCUT2D eigenvalue weighted by molar-refractivity contribution is 7.17. The summed E-state index contributed by atoms with van der Waals surface area (Å²) in [5.74, 6) is -0.401. The monoisotopic (exact) mass is 364 g/mol. The van der Waals surface area contributed by atoms with Gasteiger partial charge in [-0.2, -0.15) is 0 Å². The minimum Gasteiger partial charge on any atom is -0.365 e. The third-order valence-electron chi connectivity index (χ3n) is 4.03. The lowest BCUT2D eigenvalue weighted by Gasteiger charge is -2.23. The van der Waals surface area contributed by atoms with Crippen molar-refractivity contribution in [3.63, 3.8) is 0 Å². The summed E-state index contributed by atoms with van der Waals surface area (Å²) in [4.78, 5) is 32.9. The van der Waals surface area contributed by atoms with Crippen LogP contribution in [0.2, 0.25) is 0 Å². The summed E-state index contributed by atoms with van der Waals surface area (Å²) < 4.78 is 0. The molecule has 1 aliphatic heterocycles. The van der Waals surface area contributed by atoms with Gasteiger partial charge in [0, 0.05) is 18.0 Å². The maximum Gasteiger partial charge on any atom is 0.266 e. The third-order valence-corrected chi connectivity index (χ3v) is 6.33. The number of anilines is 1. The Morgan fingerprint density at radius 2 is 2.21 bits per heavy atom. The number of nitrogens with two attached hydrogens (primary N) is 1. The van der Waals surface area contributed by atoms with Crippen molar-refractivity contribution >= 4 is 39.6 Å². The van der Waals surface area contributed by atoms with Gasteiger partial charge < -0.3 is 16.0 Å². The summed E-state index contributed by atoms with van der Waals surface area (Å²) in [5.41, 5.74) is 6.10. The zero-order chi connectivity index (χ0) is 17.3. The largest absolute Gasteiger partial charge is 0.365 e. The van der Waals surface area contributed by atoms with E-state index in [2.05, 4.69) is 10.3 Å². The molecule has 0 radical (unpaired) electrons. The minimum absolute atomic E-state index is 0.0136. The van der Waals surface area contributed by atoms with Crippen molar-refractivity contribution in [1.82, 2.24) is 9.88 Å². The number of aryl methyl sites for hydroxylation is 1. The van der Waals surface area contributed by atoms with Gasteiger partial charge in [0.2, 0.25) is 0 Å². The standard InChI is InChI=1S/C16H20N4O2S2/c1-3-18-16-19-9(2)13(24-16)15(22)20-8-4-5-10(20)11-6-7-12(23-11)14(17)21/h6-7,10H,3-5,8H2,1-2H3,(H2,17,21)(H,18,19). The normalized spacial score (nSPS) is 17.2. The molecule has 24 heavy (non-hydrogen) atoms. The summed E-state index contributed by atoms with van der Waals surface area (Å²) in [7, 11) is 0. The number of hydrogen-bond donors (Lipinski definition) is 2. The second-order valence-corrected chi connectivity index (χ2v) is 7.80. The van der Waals surface area contributed by atoms with E-state index in [1.54, 1.807) is 6.07 Å². The van der Waals surface area contributed by atoms with Crippen LogP contribution in [0.5, 0.6) is 0 Å². The fraction of sp³-hybridized carbons (Fsp3) is 0.438. The van der Waals surface area contributed by atoms with Crippen molar-refractivity contribution in [2.24, 2.45) is 5.73 Å². The van der Waals surface area contributed by atoms with E-state index in [-0.39, 0.29) is 11.9 Å². The molecular formula is C16H20N4O2S2. The third kappa shape index (κ3) is 3.16. The first-order chi connectivity index (χ1) is 11.5. The van der Waals surface area contributed by atoms with Gasteiger partial charge in [0.1, 0.15) is 4.88 Å². The van der Waals surface area contributed by atoms with E-state index in [0.717, 1.165) is 41.6 Å². The fourth-order valence-electron chi connectivity index (χ4n) is 2.92. The molecule has 0 spiro atoms. The van der Waals surface area contributed by atoms with Gasteiger partial charge in [-0.3, -0.25) is 9.59 Å². The maximum absolute atomic E-state index is 13.0. The highest BCUT2D eigenvalue weighted by Crippen LogP contribution is 2.38. The van der Waals surface area contributed by atoms with E-state index in [1.165, 1.54) is 22.7 Å². The lowest BCUT2D eigenvalue weighted by molar-refractivity contribution is 0.0741. The average Bonchev–Trinajstić information content (AvgIpc) is 3.25. The Hall–Kier alpha value is -1.93. The number of carbonyl (C=O) groups is 2. The molecule has 2 amide bonds. The zero-order valence-corrected chi connectivity index (χ0v) is 15.3. The summed E-state index contributed by atoms with van der Waals surface area (Å²) >= 11 is 2.78. The maximum atomic E-state index is 13.0. The molecule has 0 bridgehead atoms. The topological polar surface area (TPSA) is 88.3 Å². The van der Waals surface area contributed by atoms with Crippen LogP contribution in [0.15, 0.2) is 12.1 Å². The van der Waals surface area contributed by atoms with Crippen molar-refractivity contribution in [1.29, 1.82) is 0 Å². The van der Waals surface area contributed by atoms with Crippen LogP contribution < -0.4 is 11.1 Å². The Balaban J connectivity index is 1.84. The van der Waals surface area contributed by atoms with Crippen LogP contribution >= 0.6 is 22.7 Å². The highest BCUT2D eigenvalue weighted by atomic mass is 32.1. The molecule has 128 valence electrons. The molecular weight excluding hydrogens is 344 g/mol. The van der Waals surface area contributed by atoms with Gasteiger partial charge >= 0.3 is 0 Å². The minimum atomic E-state index is -0.421. The lowest BCUT2D eigenvalue weighted by atomic mass is 10.2. The molecule has 2 aromatic heterocycles. The van der Waals surface area contributed by atoms with E-state index in [9.17, 15) is 9.59 Å². The van der Waals surface area contributed by atoms with Gasteiger partial charge in [-0.15, -0.1) is 11.3 Å². The fourth-order valence-corrected chi connectivity index (χ4v) is 4.92. The number of aromatic nitrogens is 1. The van der Waals surface area contributed by atoms with Crippen molar-refractivity contribution < 1.29 is 9.59 Å². The van der Waals surface area contributed by atoms with Crippen molar-refractivity contribution in [3.8, 4) is 0 Å². The number of thiophene rings is 1. The number of rotatable bonds is 5. The first-order valence-electron chi connectivity index (χ1n) is 7.93. The Morgan fingerprint density at radius 1 is 1.42 bits per heavy atom. The first-order valence-corrected chi connectivity index (χ1v) is 9.56. The van der Waals surface area contributed by atoms with E-state index < -0.39 is 5.91 Å². The first kappa shape index (κ1) is 16.9. The molecule has 0 aliphatic carbocycles. The van der Waals surface area contributed by atoms with Crippen molar-refractivity contribution in [2.75, 3.05) is 18.4 Å². The summed E-state index contributed by atoms with van der Waals surface area (Å²) in [6.45, 7) is 5.37. The summed E-state index contributed by atoms with van der Waals surface area (Å²) in [5, 5.41) is 3.94. The molecule has 1 saturated heterocycles. The van der Waals surface area contributed by atoms with Gasteiger partial charge in [-0.1, -0.05) is 11.3 Å². The number of hydrogen-bond acceptors (Lipinski definition) is 6. The Kier molecular flexibility index (Phi) is 4.86. The molecule has 3 rings (SSSR count). The molecule has 1 fully saturated rings. The molecule has 0 aromatic carbocycles. The Bertz CT molecular complexity index is 768. The zero-order valence-electron chi connectivity index (χ0n) is 13.7. The van der Waals surface area contributed by atoms with Crippen LogP contribution in [0.1, 0.15) is 55.7 Å². The second-order valence-electron chi connectivity index (χ2n) is 5.69. The van der Waals surface area contributed by atoms with E-state index in [1.807, 2.05) is 24.8 Å². The number of thiazole rings is 1. The number of nitrogens with zero attached hydrogens (tertiary/aromatic N) is 2. The van der Waals surface area contributed by atoms with Crippen LogP contribution in [-0.2, 0) is 0 Å². The predicted molar refractivity (Wildman–Crippen MR) is 96.9 cm³/mol. The quantitative estimate of drug-likeness (QED) is 0.853. The van der Waals surface area contributed by atoms with Gasteiger partial charge in [0.05, 0.1) is 16.6 Å². The van der Waals surface area contributed by atoms with Crippen molar-refractivity contribution in [3.05, 3.63) is 32.5 Å². The molecule has 6 nitrogen and oxygen atoms in total. The van der Waals surface area contributed by atoms with E-state index >= 15 is 0 Å². The number of likely N-dealkylation sites (tertiary alicyclic amines) is 1. The number of amides is 2. The Morgan fingerprint density at radius 3 is 2.88 bits per heavy atom. The molecule has 1 atom stereocenters. The molecule has 3 N–H and O–H groups in total. The van der Waals surface area contributed by atoms with Crippen LogP contribution in [0.3, 0.4) is 0 Å². The van der Waals surface area contributed by atoms with Crippen LogP contribution in [0.25, 0.3) is 0 Å². The highest BCUT2D eigenvalue weighted by Gasteiger charge is 2.33. The molecule has 2 aromatic rings. The van der Waals surface area contributed by atoms with Gasteiger partial charge in [0.15, 0.2) is 5.13 Å². The average molecular weight is 364 g/mol. The smallest absolute Gasteiger partial charge is 0.266 e. The lowest BCUT2D eigenvalue weighted by Crippen LogP contribution is -2.30. The number of carbonyl (C=O) groups excluding carboxylic acids is 2. The summed E-state index contributed by atoms with van der Waals surface area (Å²) in [6, 6.07) is 3.66. The van der Waals surface area contributed by atoms with Gasteiger partial charge in [-0.05, 0) is 38.8 Å². The summed E-state index contributed by atoms with van der Waals surface area (Å²) in [6.07, 6.45) is 1.86. The van der Waals surface area contributed by atoms with Crippen LogP contribution in [0.4, 0.5) is 5.13 Å². The number of nitrogens with one attached hydrogen (secondary N) is 1. The SMILES string of the molecule is CCNc1nc(C)c(C(=O)N2CCCC2c2ccc(C(N)=O)s2)s1. The van der Waals surface area contributed by atoms with Gasteiger partial charge in [-0.25, -0.2) is 4.98 Å². The molecule has 3 heterocycles. The molecule has 0 saturated carbocycles. The Labute approximate surface area is 148 Å². The van der Waals surface area contributed by atoms with Crippen molar-refractivity contribution in [2.45, 2.75) is 32.7 Å². The second kappa shape index (κ2) is 6.90. The predicted octanol–water partition coefficient (Wildman–Crippen LogP) is 3.02. The molecule has 1 aliphatic rings. The van der Waals surface area contributed by atoms with E-state index in [4.69, 9.17) is 5.73 Å². The van der Waals surface area contributed by atoms with Crippen LogP contribution in [-0.4, -0.2) is 34.8 Å². The number of primary amides is 1. The molecule has 1 unspecified atom stereocenters. The van der Waals surface area contributed by atoms with Gasteiger partial charge in [0.25, 0.3) is 11.8 Å². The van der Waals surface area contributed by atoms with E-state index in [0.29, 0.717) is 9.75 Å². The van der Waals surface area contributed by atoms with Crippen LogP contribution in [0, 0.1) is 6.92 Å².